The first-order chi connectivity index (χ1) is 14.1. The molecule has 7 nitrogen and oxygen atoms in total. The number of amides is 1. The predicted molar refractivity (Wildman–Crippen MR) is 115 cm³/mol. The smallest absolute Gasteiger partial charge is 0.255 e. The first kappa shape index (κ1) is 18.9. The van der Waals surface area contributed by atoms with Gasteiger partial charge in [0.2, 0.25) is 5.95 Å². The minimum Gasteiger partial charge on any atom is -0.353 e. The lowest BCUT2D eigenvalue weighted by molar-refractivity contribution is 0.102. The van der Waals surface area contributed by atoms with Gasteiger partial charge in [0.25, 0.3) is 5.91 Å². The van der Waals surface area contributed by atoms with Gasteiger partial charge in [-0.25, -0.2) is 15.0 Å². The Morgan fingerprint density at radius 2 is 1.55 bits per heavy atom. The summed E-state index contributed by atoms with van der Waals surface area (Å²) in [5.41, 5.74) is 3.35. The van der Waals surface area contributed by atoms with E-state index < -0.39 is 0 Å². The zero-order valence-corrected chi connectivity index (χ0v) is 16.7. The first-order valence-electron chi connectivity index (χ1n) is 9.71. The van der Waals surface area contributed by atoms with E-state index in [9.17, 15) is 4.79 Å². The van der Waals surface area contributed by atoms with Gasteiger partial charge >= 0.3 is 0 Å². The summed E-state index contributed by atoms with van der Waals surface area (Å²) in [7, 11) is 0. The van der Waals surface area contributed by atoms with Crippen LogP contribution in [0.1, 0.15) is 21.5 Å². The van der Waals surface area contributed by atoms with Crippen LogP contribution in [0.15, 0.2) is 55.0 Å². The van der Waals surface area contributed by atoms with Gasteiger partial charge in [-0.1, -0.05) is 23.3 Å². The number of hydrogen-bond donors (Lipinski definition) is 1. The average molecular weight is 388 g/mol. The lowest BCUT2D eigenvalue weighted by Crippen LogP contribution is -2.47. The summed E-state index contributed by atoms with van der Waals surface area (Å²) in [4.78, 5) is 30.2. The molecule has 3 aromatic rings. The van der Waals surface area contributed by atoms with Gasteiger partial charge in [-0.05, 0) is 38.1 Å². The lowest BCUT2D eigenvalue weighted by atomic mass is 10.1. The molecule has 1 aromatic carbocycles. The van der Waals surface area contributed by atoms with E-state index in [0.717, 1.165) is 43.1 Å². The number of hydrogen-bond acceptors (Lipinski definition) is 6. The molecule has 1 aliphatic rings. The highest BCUT2D eigenvalue weighted by Crippen LogP contribution is 2.17. The summed E-state index contributed by atoms with van der Waals surface area (Å²) in [6.07, 6.45) is 5.14. The quantitative estimate of drug-likeness (QED) is 0.740. The molecule has 0 aliphatic carbocycles. The van der Waals surface area contributed by atoms with Crippen LogP contribution in [-0.2, 0) is 0 Å². The van der Waals surface area contributed by atoms with Crippen LogP contribution in [0, 0.1) is 13.8 Å². The lowest BCUT2D eigenvalue weighted by Gasteiger charge is -2.35. The van der Waals surface area contributed by atoms with Crippen LogP contribution in [0.5, 0.6) is 0 Å². The number of aromatic nitrogens is 3. The largest absolute Gasteiger partial charge is 0.353 e. The van der Waals surface area contributed by atoms with E-state index in [1.54, 1.807) is 12.4 Å². The van der Waals surface area contributed by atoms with Crippen molar-refractivity contribution in [1.29, 1.82) is 0 Å². The van der Waals surface area contributed by atoms with E-state index >= 15 is 0 Å². The molecule has 0 spiro atoms. The predicted octanol–water partition coefficient (Wildman–Crippen LogP) is 3.07. The van der Waals surface area contributed by atoms with E-state index in [1.165, 1.54) is 0 Å². The number of nitrogens with zero attached hydrogens (tertiary/aromatic N) is 5. The van der Waals surface area contributed by atoms with Gasteiger partial charge in [-0.2, -0.15) is 0 Å². The van der Waals surface area contributed by atoms with Crippen LogP contribution in [-0.4, -0.2) is 47.0 Å². The van der Waals surface area contributed by atoms with Crippen LogP contribution in [0.2, 0.25) is 0 Å². The summed E-state index contributed by atoms with van der Waals surface area (Å²) < 4.78 is 0. The standard InChI is InChI=1S/C22H24N6O/c1-16-11-17(2)13-18(12-16)21(29)26-19-14-24-22(25-15-19)28-9-7-27(8-10-28)20-5-3-4-6-23-20/h3-6,11-15H,7-10H2,1-2H3,(H,26,29). The molecule has 2 aromatic heterocycles. The first-order valence-corrected chi connectivity index (χ1v) is 9.71. The fourth-order valence-corrected chi connectivity index (χ4v) is 3.53. The number of benzene rings is 1. The van der Waals surface area contributed by atoms with E-state index in [1.807, 2.05) is 56.4 Å². The Labute approximate surface area is 170 Å². The van der Waals surface area contributed by atoms with Gasteiger partial charge in [0.1, 0.15) is 5.82 Å². The van der Waals surface area contributed by atoms with Crippen molar-refractivity contribution in [1.82, 2.24) is 15.0 Å². The highest BCUT2D eigenvalue weighted by Gasteiger charge is 2.19. The van der Waals surface area contributed by atoms with Crippen molar-refractivity contribution < 1.29 is 4.79 Å². The fourth-order valence-electron chi connectivity index (χ4n) is 3.53. The van der Waals surface area contributed by atoms with Crippen molar-refractivity contribution in [2.45, 2.75) is 13.8 Å². The average Bonchev–Trinajstić information content (AvgIpc) is 2.74. The molecule has 1 aliphatic heterocycles. The Morgan fingerprint density at radius 1 is 0.897 bits per heavy atom. The third-order valence-electron chi connectivity index (χ3n) is 4.92. The molecule has 1 saturated heterocycles. The normalized spacial score (nSPS) is 14.0. The van der Waals surface area contributed by atoms with Gasteiger partial charge in [-0.3, -0.25) is 4.79 Å². The van der Waals surface area contributed by atoms with E-state index in [2.05, 4.69) is 30.1 Å². The molecular formula is C22H24N6O. The summed E-state index contributed by atoms with van der Waals surface area (Å²) in [5, 5.41) is 2.87. The van der Waals surface area contributed by atoms with Crippen LogP contribution < -0.4 is 15.1 Å². The van der Waals surface area contributed by atoms with Crippen LogP contribution in [0.3, 0.4) is 0 Å². The van der Waals surface area contributed by atoms with Gasteiger partial charge in [0.05, 0.1) is 18.1 Å². The minimum absolute atomic E-state index is 0.155. The fraction of sp³-hybridized carbons (Fsp3) is 0.273. The van der Waals surface area contributed by atoms with Crippen LogP contribution in [0.4, 0.5) is 17.5 Å². The van der Waals surface area contributed by atoms with Crippen molar-refractivity contribution in [3.63, 3.8) is 0 Å². The molecule has 148 valence electrons. The summed E-state index contributed by atoms with van der Waals surface area (Å²) in [5.74, 6) is 1.52. The van der Waals surface area contributed by atoms with E-state index in [-0.39, 0.29) is 5.91 Å². The van der Waals surface area contributed by atoms with Crippen molar-refractivity contribution in [2.75, 3.05) is 41.3 Å². The number of rotatable bonds is 4. The summed E-state index contributed by atoms with van der Waals surface area (Å²) >= 11 is 0. The molecule has 29 heavy (non-hydrogen) atoms. The van der Waals surface area contributed by atoms with Gasteiger partial charge in [0, 0.05) is 37.9 Å². The second-order valence-electron chi connectivity index (χ2n) is 7.26. The van der Waals surface area contributed by atoms with Crippen molar-refractivity contribution in [3.05, 3.63) is 71.7 Å². The molecule has 0 unspecified atom stereocenters. The van der Waals surface area contributed by atoms with E-state index in [0.29, 0.717) is 17.2 Å². The van der Waals surface area contributed by atoms with Crippen molar-refractivity contribution >= 4 is 23.4 Å². The van der Waals surface area contributed by atoms with Crippen LogP contribution in [0.25, 0.3) is 0 Å². The number of aryl methyl sites for hydroxylation is 2. The Kier molecular flexibility index (Phi) is 5.37. The Hall–Kier alpha value is -3.48. The zero-order valence-electron chi connectivity index (χ0n) is 16.7. The Balaban J connectivity index is 1.36. The van der Waals surface area contributed by atoms with E-state index in [4.69, 9.17) is 0 Å². The maximum atomic E-state index is 12.5. The molecule has 3 heterocycles. The second-order valence-corrected chi connectivity index (χ2v) is 7.26. The summed E-state index contributed by atoms with van der Waals surface area (Å²) in [6.45, 7) is 7.34. The topological polar surface area (TPSA) is 74.2 Å². The molecule has 1 amide bonds. The Bertz CT molecular complexity index is 962. The third-order valence-corrected chi connectivity index (χ3v) is 4.92. The molecule has 1 N–H and O–H groups in total. The number of piperazine rings is 1. The monoisotopic (exact) mass is 388 g/mol. The minimum atomic E-state index is -0.155. The number of carbonyl (C=O) groups excluding carboxylic acids is 1. The highest BCUT2D eigenvalue weighted by molar-refractivity contribution is 6.04. The number of nitrogens with one attached hydrogen (secondary N) is 1. The zero-order chi connectivity index (χ0) is 20.2. The van der Waals surface area contributed by atoms with Gasteiger partial charge in [0.15, 0.2) is 0 Å². The van der Waals surface area contributed by atoms with Gasteiger partial charge < -0.3 is 15.1 Å². The number of pyridine rings is 1. The van der Waals surface area contributed by atoms with Crippen LogP contribution >= 0.6 is 0 Å². The van der Waals surface area contributed by atoms with Gasteiger partial charge in [-0.15, -0.1) is 0 Å². The van der Waals surface area contributed by atoms with Crippen molar-refractivity contribution in [3.8, 4) is 0 Å². The third kappa shape index (κ3) is 4.51. The maximum Gasteiger partial charge on any atom is 0.255 e. The maximum absolute atomic E-state index is 12.5. The van der Waals surface area contributed by atoms with Crippen molar-refractivity contribution in [2.24, 2.45) is 0 Å². The molecule has 0 saturated carbocycles. The highest BCUT2D eigenvalue weighted by atomic mass is 16.1. The Morgan fingerprint density at radius 3 is 2.17 bits per heavy atom. The number of carbonyl (C=O) groups is 1. The summed E-state index contributed by atoms with van der Waals surface area (Å²) in [6, 6.07) is 11.7. The molecule has 0 atom stereocenters. The molecule has 0 bridgehead atoms. The second kappa shape index (κ2) is 8.26. The molecule has 1 fully saturated rings. The molecular weight excluding hydrogens is 364 g/mol. The molecule has 7 heteroatoms. The number of anilines is 3. The molecule has 4 rings (SSSR count). The SMILES string of the molecule is Cc1cc(C)cc(C(=O)Nc2cnc(N3CCN(c4ccccn4)CC3)nc2)c1. The molecule has 0 radical (unpaired) electrons.